The van der Waals surface area contributed by atoms with Crippen molar-refractivity contribution >= 4 is 18.2 Å². The van der Waals surface area contributed by atoms with Crippen molar-refractivity contribution in [3.63, 3.8) is 0 Å². The fourth-order valence-electron chi connectivity index (χ4n) is 3.33. The molecule has 0 fully saturated rings. The molecule has 10 heteroatoms. The molecule has 10 nitrogen and oxygen atoms in total. The highest BCUT2D eigenvalue weighted by Crippen LogP contribution is 2.32. The van der Waals surface area contributed by atoms with Gasteiger partial charge < -0.3 is 14.2 Å². The number of carbonyl (C=O) groups is 3. The maximum Gasteiger partial charge on any atom is 0.534 e. The zero-order valence-corrected chi connectivity index (χ0v) is 22.6. The zero-order chi connectivity index (χ0) is 27.2. The third-order valence-corrected chi connectivity index (χ3v) is 4.43. The van der Waals surface area contributed by atoms with Gasteiger partial charge in [-0.1, -0.05) is 26.0 Å². The fraction of sp³-hybridized carbons (Fsp3) is 0.640. The SMILES string of the molecule is CC(C)(C)OC(=O)ON(Cc1ccc(OC(C)(C)CC(C)(C)C(=O)NN)cc1)C(=O)OC(C)(C)C. The van der Waals surface area contributed by atoms with E-state index in [9.17, 15) is 14.4 Å². The van der Waals surface area contributed by atoms with Crippen LogP contribution in [0.3, 0.4) is 0 Å². The van der Waals surface area contributed by atoms with E-state index in [1.807, 2.05) is 13.8 Å². The Morgan fingerprint density at radius 2 is 1.37 bits per heavy atom. The van der Waals surface area contributed by atoms with Crippen LogP contribution in [0.2, 0.25) is 0 Å². The number of nitrogens with two attached hydrogens (primary N) is 1. The second kappa shape index (κ2) is 11.2. The van der Waals surface area contributed by atoms with Crippen molar-refractivity contribution in [3.05, 3.63) is 29.8 Å². The molecule has 1 rings (SSSR count). The molecule has 198 valence electrons. The van der Waals surface area contributed by atoms with Crippen LogP contribution in [0.5, 0.6) is 5.75 Å². The molecule has 0 aliphatic rings. The molecular weight excluding hydrogens is 454 g/mol. The molecule has 0 aliphatic carbocycles. The predicted molar refractivity (Wildman–Crippen MR) is 131 cm³/mol. The summed E-state index contributed by atoms with van der Waals surface area (Å²) >= 11 is 0. The number of hydroxylamine groups is 2. The monoisotopic (exact) mass is 495 g/mol. The van der Waals surface area contributed by atoms with Crippen LogP contribution >= 0.6 is 0 Å². The van der Waals surface area contributed by atoms with Crippen molar-refractivity contribution in [1.29, 1.82) is 0 Å². The van der Waals surface area contributed by atoms with Crippen molar-refractivity contribution in [3.8, 4) is 5.75 Å². The summed E-state index contributed by atoms with van der Waals surface area (Å²) in [6.07, 6.45) is -1.43. The second-order valence-corrected chi connectivity index (χ2v) is 11.6. The quantitative estimate of drug-likeness (QED) is 0.238. The van der Waals surface area contributed by atoms with E-state index in [1.54, 1.807) is 79.7 Å². The number of ether oxygens (including phenoxy) is 3. The highest BCUT2D eigenvalue weighted by molar-refractivity contribution is 5.81. The van der Waals surface area contributed by atoms with Crippen LogP contribution in [0.1, 0.15) is 81.2 Å². The largest absolute Gasteiger partial charge is 0.534 e. The highest BCUT2D eigenvalue weighted by Gasteiger charge is 2.36. The minimum Gasteiger partial charge on any atom is -0.488 e. The van der Waals surface area contributed by atoms with Gasteiger partial charge in [0.15, 0.2) is 0 Å². The first kappa shape index (κ1) is 30.0. The molecule has 0 heterocycles. The van der Waals surface area contributed by atoms with E-state index in [-0.39, 0.29) is 12.5 Å². The van der Waals surface area contributed by atoms with E-state index in [0.717, 1.165) is 5.06 Å². The van der Waals surface area contributed by atoms with Gasteiger partial charge in [0.2, 0.25) is 5.91 Å². The van der Waals surface area contributed by atoms with Crippen molar-refractivity contribution in [2.45, 2.75) is 99.0 Å². The van der Waals surface area contributed by atoms with Crippen LogP contribution in [0.4, 0.5) is 9.59 Å². The van der Waals surface area contributed by atoms with E-state index in [1.165, 1.54) is 0 Å². The number of benzene rings is 1. The Hall–Kier alpha value is -3.01. The molecule has 0 aliphatic heterocycles. The lowest BCUT2D eigenvalue weighted by Gasteiger charge is -2.34. The van der Waals surface area contributed by atoms with Crippen molar-refractivity contribution < 1.29 is 33.4 Å². The van der Waals surface area contributed by atoms with E-state index in [2.05, 4.69) is 5.43 Å². The summed E-state index contributed by atoms with van der Waals surface area (Å²) in [6, 6.07) is 6.93. The molecule has 0 saturated heterocycles. The van der Waals surface area contributed by atoms with Gasteiger partial charge in [0.25, 0.3) is 0 Å². The Balaban J connectivity index is 2.97. The van der Waals surface area contributed by atoms with Gasteiger partial charge in [-0.3, -0.25) is 15.1 Å². The summed E-state index contributed by atoms with van der Waals surface area (Å²) in [4.78, 5) is 42.0. The summed E-state index contributed by atoms with van der Waals surface area (Å²) in [6.45, 7) is 17.5. The van der Waals surface area contributed by atoms with Gasteiger partial charge in [-0.05, 0) is 73.1 Å². The van der Waals surface area contributed by atoms with E-state index in [4.69, 9.17) is 24.9 Å². The minimum atomic E-state index is -1.02. The van der Waals surface area contributed by atoms with Gasteiger partial charge in [0.1, 0.15) is 22.6 Å². The lowest BCUT2D eigenvalue weighted by Crippen LogP contribution is -2.45. The minimum absolute atomic E-state index is 0.0679. The molecule has 0 aromatic heterocycles. The Kier molecular flexibility index (Phi) is 9.57. The number of nitrogens with zero attached hydrogens (tertiary/aromatic N) is 1. The highest BCUT2D eigenvalue weighted by atomic mass is 16.8. The predicted octanol–water partition coefficient (Wildman–Crippen LogP) is 4.85. The first-order chi connectivity index (χ1) is 15.7. The van der Waals surface area contributed by atoms with Gasteiger partial charge in [0.05, 0.1) is 6.54 Å². The zero-order valence-electron chi connectivity index (χ0n) is 22.6. The molecule has 0 radical (unpaired) electrons. The Bertz CT molecular complexity index is 882. The third kappa shape index (κ3) is 11.3. The van der Waals surface area contributed by atoms with Gasteiger partial charge in [-0.2, -0.15) is 0 Å². The molecular formula is C25H41N3O7. The molecule has 0 bridgehead atoms. The van der Waals surface area contributed by atoms with Gasteiger partial charge in [0, 0.05) is 11.8 Å². The summed E-state index contributed by atoms with van der Waals surface area (Å²) in [5.41, 5.74) is -0.131. The molecule has 0 unspecified atom stereocenters. The van der Waals surface area contributed by atoms with Crippen LogP contribution in [-0.4, -0.2) is 40.0 Å². The smallest absolute Gasteiger partial charge is 0.488 e. The lowest BCUT2D eigenvalue weighted by molar-refractivity contribution is -0.140. The van der Waals surface area contributed by atoms with Crippen LogP contribution in [0.25, 0.3) is 0 Å². The van der Waals surface area contributed by atoms with E-state index in [0.29, 0.717) is 17.7 Å². The first-order valence-electron chi connectivity index (χ1n) is 11.4. The molecule has 0 spiro atoms. The number of hydrogen-bond acceptors (Lipinski definition) is 8. The van der Waals surface area contributed by atoms with Crippen LogP contribution < -0.4 is 16.0 Å². The average Bonchev–Trinajstić information content (AvgIpc) is 2.64. The standard InChI is InChI=1S/C25H41N3O7/c1-22(2,3)33-20(30)28(35-21(31)34-23(4,5)6)15-17-11-13-18(14-12-17)32-25(9,10)16-24(7,8)19(29)27-26/h11-14H,15-16,26H2,1-10H3,(H,27,29). The third-order valence-electron chi connectivity index (χ3n) is 4.43. The van der Waals surface area contributed by atoms with Crippen LogP contribution in [0.15, 0.2) is 24.3 Å². The van der Waals surface area contributed by atoms with Crippen molar-refractivity contribution in [2.75, 3.05) is 0 Å². The lowest BCUT2D eigenvalue weighted by atomic mass is 9.81. The number of carbonyl (C=O) groups excluding carboxylic acids is 3. The molecule has 1 aromatic carbocycles. The van der Waals surface area contributed by atoms with E-state index >= 15 is 0 Å². The number of amides is 2. The summed E-state index contributed by atoms with van der Waals surface area (Å²) in [5, 5.41) is 0.813. The molecule has 2 amide bonds. The normalized spacial score (nSPS) is 12.4. The number of rotatable bonds is 7. The molecule has 3 N–H and O–H groups in total. The summed E-state index contributed by atoms with van der Waals surface area (Å²) in [5.74, 6) is 5.57. The number of hydrazine groups is 1. The summed E-state index contributed by atoms with van der Waals surface area (Å²) < 4.78 is 16.6. The second-order valence-electron chi connectivity index (χ2n) is 11.6. The van der Waals surface area contributed by atoms with Gasteiger partial charge in [-0.25, -0.2) is 15.4 Å². The molecule has 35 heavy (non-hydrogen) atoms. The number of nitrogens with one attached hydrogen (secondary N) is 1. The Morgan fingerprint density at radius 1 is 0.857 bits per heavy atom. The molecule has 0 atom stereocenters. The molecule has 1 aromatic rings. The van der Waals surface area contributed by atoms with Crippen LogP contribution in [-0.2, 0) is 25.7 Å². The first-order valence-corrected chi connectivity index (χ1v) is 11.4. The maximum atomic E-state index is 12.6. The Morgan fingerprint density at radius 3 is 1.83 bits per heavy atom. The van der Waals surface area contributed by atoms with Crippen LogP contribution in [0, 0.1) is 5.41 Å². The average molecular weight is 496 g/mol. The number of hydrogen-bond donors (Lipinski definition) is 2. The van der Waals surface area contributed by atoms with Gasteiger partial charge in [-0.15, -0.1) is 5.06 Å². The summed E-state index contributed by atoms with van der Waals surface area (Å²) in [7, 11) is 0. The van der Waals surface area contributed by atoms with Crippen molar-refractivity contribution in [1.82, 2.24) is 10.5 Å². The van der Waals surface area contributed by atoms with E-state index < -0.39 is 34.5 Å². The Labute approximate surface area is 208 Å². The topological polar surface area (TPSA) is 129 Å². The fourth-order valence-corrected chi connectivity index (χ4v) is 3.33. The van der Waals surface area contributed by atoms with Gasteiger partial charge >= 0.3 is 12.2 Å². The van der Waals surface area contributed by atoms with Crippen molar-refractivity contribution in [2.24, 2.45) is 11.3 Å². The molecule has 0 saturated carbocycles. The maximum absolute atomic E-state index is 12.6.